The number of ether oxygens (including phenoxy) is 1. The van der Waals surface area contributed by atoms with Gasteiger partial charge in [0.05, 0.1) is 15.2 Å². The van der Waals surface area contributed by atoms with Gasteiger partial charge >= 0.3 is 0 Å². The maximum atomic E-state index is 5.65. The normalized spacial score (nSPS) is 10.3. The van der Waals surface area contributed by atoms with Crippen molar-refractivity contribution in [3.05, 3.63) is 107 Å². The molecule has 0 amide bonds. The summed E-state index contributed by atoms with van der Waals surface area (Å²) >= 11 is 0. The van der Waals surface area contributed by atoms with Crippen LogP contribution in [0.5, 0.6) is 0 Å². The molecule has 0 aromatic heterocycles. The first kappa shape index (κ1) is 20.5. The summed E-state index contributed by atoms with van der Waals surface area (Å²) in [6.45, 7) is 7.04. The van der Waals surface area contributed by atoms with E-state index in [-0.39, 0.29) is 0 Å². The molecule has 0 aliphatic carbocycles. The molecule has 0 bridgehead atoms. The summed E-state index contributed by atoms with van der Waals surface area (Å²) in [5.74, 6) is 7.23. The number of hydrogen-bond donors (Lipinski definition) is 0. The van der Waals surface area contributed by atoms with Crippen LogP contribution >= 0.6 is 0 Å². The van der Waals surface area contributed by atoms with Crippen LogP contribution in [0.2, 0.25) is 19.6 Å². The van der Waals surface area contributed by atoms with Crippen molar-refractivity contribution in [3.8, 4) is 11.8 Å². The Bertz CT molecular complexity index is 1100. The third-order valence-electron chi connectivity index (χ3n) is 4.63. The minimum absolute atomic E-state index is 0.732. The first-order valence-corrected chi connectivity index (χ1v) is 13.2. The Morgan fingerprint density at radius 1 is 0.828 bits per heavy atom. The highest BCUT2D eigenvalue weighted by Gasteiger charge is 2.17. The predicted octanol–water partition coefficient (Wildman–Crippen LogP) is 5.93. The van der Waals surface area contributed by atoms with Gasteiger partial charge in [-0.15, -0.1) is 0 Å². The van der Waals surface area contributed by atoms with Crippen molar-refractivity contribution in [2.24, 2.45) is 0 Å². The molecule has 0 saturated carbocycles. The van der Waals surface area contributed by atoms with Crippen molar-refractivity contribution in [2.45, 2.75) is 19.6 Å². The molecule has 3 aromatic rings. The molecule has 0 radical (unpaired) electrons. The van der Waals surface area contributed by atoms with Gasteiger partial charge in [-0.05, 0) is 29.8 Å². The van der Waals surface area contributed by atoms with Crippen LogP contribution in [0.25, 0.3) is 11.8 Å². The molecule has 144 valence electrons. The highest BCUT2D eigenvalue weighted by molar-refractivity contribution is 6.88. The lowest BCUT2D eigenvalue weighted by Crippen LogP contribution is -2.37. The van der Waals surface area contributed by atoms with Crippen molar-refractivity contribution in [1.82, 2.24) is 0 Å². The van der Waals surface area contributed by atoms with Crippen LogP contribution in [0.4, 0.5) is 0 Å². The van der Waals surface area contributed by atoms with E-state index in [1.165, 1.54) is 5.19 Å². The zero-order chi connectivity index (χ0) is 20.7. The quantitative estimate of drug-likeness (QED) is 0.231. The maximum Gasteiger partial charge on any atom is 0.169 e. The fourth-order valence-corrected chi connectivity index (χ4v) is 4.11. The standard InChI is InChI=1S/C27H26OSi/c1-28-27(25-15-10-16-26(21-25)29(2,3)4)20-19-24-14-9-8-13-23(24)18-17-22-11-6-5-7-12-22/h5-16,19,21H,1-4H3. The Labute approximate surface area is 175 Å². The molecular formula is C27H26OSi. The van der Waals surface area contributed by atoms with Crippen LogP contribution in [0.15, 0.2) is 84.6 Å². The number of rotatable bonds is 4. The second-order valence-corrected chi connectivity index (χ2v) is 12.9. The zero-order valence-electron chi connectivity index (χ0n) is 17.5. The summed E-state index contributed by atoms with van der Waals surface area (Å²) < 4.78 is 5.65. The molecule has 0 fully saturated rings. The Balaban J connectivity index is 1.98. The highest BCUT2D eigenvalue weighted by atomic mass is 28.3. The monoisotopic (exact) mass is 394 g/mol. The predicted molar refractivity (Wildman–Crippen MR) is 127 cm³/mol. The van der Waals surface area contributed by atoms with Gasteiger partial charge in [0.25, 0.3) is 0 Å². The van der Waals surface area contributed by atoms with Crippen molar-refractivity contribution in [3.63, 3.8) is 0 Å². The second-order valence-electron chi connectivity index (χ2n) is 7.86. The van der Waals surface area contributed by atoms with Crippen LogP contribution in [0.3, 0.4) is 0 Å². The molecule has 0 aliphatic rings. The third-order valence-corrected chi connectivity index (χ3v) is 6.67. The minimum Gasteiger partial charge on any atom is -0.489 e. The first-order valence-electron chi connectivity index (χ1n) is 9.75. The molecule has 0 heterocycles. The fourth-order valence-electron chi connectivity index (χ4n) is 2.93. The summed E-state index contributed by atoms with van der Waals surface area (Å²) in [6, 6.07) is 26.7. The van der Waals surface area contributed by atoms with Gasteiger partial charge in [0.1, 0.15) is 0 Å². The van der Waals surface area contributed by atoms with Gasteiger partial charge in [-0.2, -0.15) is 0 Å². The molecule has 0 saturated heterocycles. The van der Waals surface area contributed by atoms with E-state index in [0.717, 1.165) is 28.0 Å². The zero-order valence-corrected chi connectivity index (χ0v) is 18.5. The van der Waals surface area contributed by atoms with Crippen molar-refractivity contribution in [1.29, 1.82) is 0 Å². The molecule has 0 spiro atoms. The number of benzene rings is 3. The van der Waals surface area contributed by atoms with E-state index in [1.54, 1.807) is 7.11 Å². The molecule has 3 rings (SSSR count). The molecule has 2 heteroatoms. The molecule has 0 atom stereocenters. The number of hydrogen-bond acceptors (Lipinski definition) is 1. The molecule has 1 nitrogen and oxygen atoms in total. The molecule has 29 heavy (non-hydrogen) atoms. The van der Waals surface area contributed by atoms with Gasteiger partial charge in [0, 0.05) is 16.7 Å². The van der Waals surface area contributed by atoms with Gasteiger partial charge in [0.15, 0.2) is 5.76 Å². The third kappa shape index (κ3) is 5.62. The Morgan fingerprint density at radius 2 is 1.55 bits per heavy atom. The lowest BCUT2D eigenvalue weighted by Gasteiger charge is -2.17. The van der Waals surface area contributed by atoms with Gasteiger partial charge in [-0.25, -0.2) is 0 Å². The average molecular weight is 395 g/mol. The Kier molecular flexibility index (Phi) is 6.57. The summed E-state index contributed by atoms with van der Waals surface area (Å²) in [5, 5.41) is 1.40. The van der Waals surface area contributed by atoms with Crippen molar-refractivity contribution in [2.75, 3.05) is 7.11 Å². The van der Waals surface area contributed by atoms with Crippen LogP contribution < -0.4 is 5.19 Å². The van der Waals surface area contributed by atoms with Gasteiger partial charge in [-0.3, -0.25) is 0 Å². The van der Waals surface area contributed by atoms with E-state index >= 15 is 0 Å². The van der Waals surface area contributed by atoms with E-state index in [2.05, 4.69) is 61.5 Å². The van der Waals surface area contributed by atoms with Crippen LogP contribution in [0, 0.1) is 11.8 Å². The van der Waals surface area contributed by atoms with Gasteiger partial charge in [0.2, 0.25) is 0 Å². The second kappa shape index (κ2) is 9.30. The van der Waals surface area contributed by atoms with Gasteiger partial charge < -0.3 is 4.74 Å². The maximum absolute atomic E-state index is 5.65. The lowest BCUT2D eigenvalue weighted by atomic mass is 10.1. The molecule has 3 aromatic carbocycles. The number of methoxy groups -OCH3 is 1. The van der Waals surface area contributed by atoms with E-state index in [0.29, 0.717) is 0 Å². The lowest BCUT2D eigenvalue weighted by molar-refractivity contribution is 0.371. The summed E-state index contributed by atoms with van der Waals surface area (Å²) in [4.78, 5) is 0. The van der Waals surface area contributed by atoms with Crippen LogP contribution in [-0.4, -0.2) is 15.2 Å². The van der Waals surface area contributed by atoms with Crippen molar-refractivity contribution >= 4 is 25.1 Å². The molecular weight excluding hydrogens is 368 g/mol. The van der Waals surface area contributed by atoms with E-state index < -0.39 is 8.07 Å². The van der Waals surface area contributed by atoms with Crippen LogP contribution in [0.1, 0.15) is 22.3 Å². The first-order chi connectivity index (χ1) is 14.0. The van der Waals surface area contributed by atoms with Gasteiger partial charge in [-0.1, -0.05) is 103 Å². The van der Waals surface area contributed by atoms with Crippen LogP contribution in [-0.2, 0) is 4.74 Å². The average Bonchev–Trinajstić information content (AvgIpc) is 2.74. The Hall–Kier alpha value is -3.24. The van der Waals surface area contributed by atoms with E-state index in [9.17, 15) is 0 Å². The fraction of sp³-hybridized carbons (Fsp3) is 0.148. The molecule has 0 unspecified atom stereocenters. The largest absolute Gasteiger partial charge is 0.489 e. The SMILES string of the molecule is COC(=C=Cc1ccccc1C#Cc1ccccc1)c1cccc([Si](C)(C)C)c1. The Morgan fingerprint density at radius 3 is 2.28 bits per heavy atom. The smallest absolute Gasteiger partial charge is 0.169 e. The highest BCUT2D eigenvalue weighted by Crippen LogP contribution is 2.16. The summed E-state index contributed by atoms with van der Waals surface area (Å²) in [7, 11) is 0.306. The summed E-state index contributed by atoms with van der Waals surface area (Å²) in [5.41, 5.74) is 7.38. The van der Waals surface area contributed by atoms with E-state index in [4.69, 9.17) is 4.74 Å². The minimum atomic E-state index is -1.39. The molecule has 0 N–H and O–H groups in total. The molecule has 0 aliphatic heterocycles. The van der Waals surface area contributed by atoms with E-state index in [1.807, 2.05) is 60.7 Å². The topological polar surface area (TPSA) is 9.23 Å². The summed E-state index contributed by atoms with van der Waals surface area (Å²) in [6.07, 6.45) is 1.95. The van der Waals surface area contributed by atoms with Crippen molar-refractivity contribution < 1.29 is 4.74 Å².